The molecule has 1 nitrogen and oxygen atoms in total. The van der Waals surface area contributed by atoms with Crippen LogP contribution in [0, 0.1) is 22.7 Å². The van der Waals surface area contributed by atoms with E-state index in [1.807, 2.05) is 0 Å². The Hall–Kier alpha value is -0.820. The lowest BCUT2D eigenvalue weighted by molar-refractivity contribution is -0.00111. The summed E-state index contributed by atoms with van der Waals surface area (Å²) in [4.78, 5) is 0. The molecule has 1 aliphatic heterocycles. The zero-order valence-electron chi connectivity index (χ0n) is 18.6. The fourth-order valence-electron chi connectivity index (χ4n) is 4.42. The molecule has 148 valence electrons. The summed E-state index contributed by atoms with van der Waals surface area (Å²) in [5, 5.41) is 0. The zero-order chi connectivity index (χ0) is 19.5. The van der Waals surface area contributed by atoms with Gasteiger partial charge in [-0.15, -0.1) is 0 Å². The quantitative estimate of drug-likeness (QED) is 0.475. The molecule has 1 aromatic carbocycles. The smallest absolute Gasteiger partial charge is 0.0657 e. The van der Waals surface area contributed by atoms with Gasteiger partial charge in [-0.3, -0.25) is 0 Å². The van der Waals surface area contributed by atoms with Crippen molar-refractivity contribution in [2.24, 2.45) is 22.7 Å². The van der Waals surface area contributed by atoms with Crippen molar-refractivity contribution in [2.75, 3.05) is 6.61 Å². The lowest BCUT2D eigenvalue weighted by Gasteiger charge is -2.36. The molecule has 1 saturated heterocycles. The molecule has 2 rings (SSSR count). The summed E-state index contributed by atoms with van der Waals surface area (Å²) in [7, 11) is 0. The maximum absolute atomic E-state index is 6.33. The third kappa shape index (κ3) is 4.91. The normalized spacial score (nSPS) is 27.9. The molecular formula is C25H42O. The van der Waals surface area contributed by atoms with Crippen molar-refractivity contribution >= 4 is 0 Å². The molecule has 0 aliphatic carbocycles. The van der Waals surface area contributed by atoms with Crippen LogP contribution in [-0.4, -0.2) is 12.7 Å². The number of benzene rings is 1. The van der Waals surface area contributed by atoms with Crippen LogP contribution in [0.3, 0.4) is 0 Å². The lowest BCUT2D eigenvalue weighted by Crippen LogP contribution is -2.37. The highest BCUT2D eigenvalue weighted by atomic mass is 16.5. The summed E-state index contributed by atoms with van der Waals surface area (Å²) < 4.78 is 6.33. The topological polar surface area (TPSA) is 9.23 Å². The summed E-state index contributed by atoms with van der Waals surface area (Å²) in [6.45, 7) is 19.7. The number of hydrogen-bond acceptors (Lipinski definition) is 1. The van der Waals surface area contributed by atoms with Crippen molar-refractivity contribution in [2.45, 2.75) is 93.1 Å². The molecular weight excluding hydrogens is 316 g/mol. The average Bonchev–Trinajstić information content (AvgIpc) is 2.89. The number of rotatable bonds is 8. The van der Waals surface area contributed by atoms with Crippen molar-refractivity contribution in [1.29, 1.82) is 0 Å². The average molecular weight is 359 g/mol. The van der Waals surface area contributed by atoms with Crippen molar-refractivity contribution in [3.63, 3.8) is 0 Å². The van der Waals surface area contributed by atoms with Gasteiger partial charge in [0.1, 0.15) is 0 Å². The maximum atomic E-state index is 6.33. The van der Waals surface area contributed by atoms with E-state index in [0.717, 1.165) is 18.9 Å². The molecule has 26 heavy (non-hydrogen) atoms. The summed E-state index contributed by atoms with van der Waals surface area (Å²) in [6.07, 6.45) is 5.25. The fourth-order valence-corrected chi connectivity index (χ4v) is 4.42. The van der Waals surface area contributed by atoms with Gasteiger partial charge in [0.2, 0.25) is 0 Å². The van der Waals surface area contributed by atoms with Gasteiger partial charge in [0, 0.05) is 0 Å². The van der Waals surface area contributed by atoms with E-state index in [4.69, 9.17) is 4.74 Å². The Morgan fingerprint density at radius 3 is 2.27 bits per heavy atom. The van der Waals surface area contributed by atoms with E-state index < -0.39 is 0 Å². The van der Waals surface area contributed by atoms with Crippen molar-refractivity contribution in [1.82, 2.24) is 0 Å². The molecule has 0 bridgehead atoms. The van der Waals surface area contributed by atoms with Gasteiger partial charge in [0.25, 0.3) is 0 Å². The molecule has 0 aromatic heterocycles. The van der Waals surface area contributed by atoms with Gasteiger partial charge in [0.05, 0.1) is 12.7 Å². The Morgan fingerprint density at radius 1 is 1.12 bits per heavy atom. The molecule has 1 heteroatoms. The van der Waals surface area contributed by atoms with Gasteiger partial charge in [-0.05, 0) is 59.0 Å². The summed E-state index contributed by atoms with van der Waals surface area (Å²) in [6, 6.07) is 9.43. The van der Waals surface area contributed by atoms with Gasteiger partial charge < -0.3 is 4.74 Å². The Kier molecular flexibility index (Phi) is 6.99. The predicted octanol–water partition coefficient (Wildman–Crippen LogP) is 7.25. The minimum Gasteiger partial charge on any atom is -0.377 e. The molecule has 1 heterocycles. The third-order valence-corrected chi connectivity index (χ3v) is 7.16. The highest BCUT2D eigenvalue weighted by molar-refractivity contribution is 5.26. The molecule has 0 spiro atoms. The van der Waals surface area contributed by atoms with E-state index in [0.29, 0.717) is 17.9 Å². The fraction of sp³-hybridized carbons (Fsp3) is 0.760. The van der Waals surface area contributed by atoms with E-state index in [1.54, 1.807) is 0 Å². The van der Waals surface area contributed by atoms with Crippen molar-refractivity contribution in [3.05, 3.63) is 35.4 Å². The van der Waals surface area contributed by atoms with Crippen LogP contribution in [0.5, 0.6) is 0 Å². The monoisotopic (exact) mass is 358 g/mol. The van der Waals surface area contributed by atoms with Gasteiger partial charge >= 0.3 is 0 Å². The molecule has 4 atom stereocenters. The van der Waals surface area contributed by atoms with Crippen molar-refractivity contribution in [3.8, 4) is 0 Å². The first kappa shape index (κ1) is 21.5. The van der Waals surface area contributed by atoms with Gasteiger partial charge in [-0.1, -0.05) is 86.1 Å². The van der Waals surface area contributed by atoms with Crippen LogP contribution < -0.4 is 0 Å². The Balaban J connectivity index is 2.02. The predicted molar refractivity (Wildman–Crippen MR) is 114 cm³/mol. The summed E-state index contributed by atoms with van der Waals surface area (Å²) in [5.74, 6) is 2.04. The highest BCUT2D eigenvalue weighted by Crippen LogP contribution is 2.47. The second-order valence-corrected chi connectivity index (χ2v) is 10.3. The second kappa shape index (κ2) is 8.46. The van der Waals surface area contributed by atoms with Crippen LogP contribution in [-0.2, 0) is 11.2 Å². The third-order valence-electron chi connectivity index (χ3n) is 7.16. The summed E-state index contributed by atoms with van der Waals surface area (Å²) >= 11 is 0. The molecule has 1 aliphatic rings. The van der Waals surface area contributed by atoms with Crippen LogP contribution in [0.25, 0.3) is 0 Å². The van der Waals surface area contributed by atoms with Crippen molar-refractivity contribution < 1.29 is 4.74 Å². The Bertz CT molecular complexity index is 556. The molecule has 0 radical (unpaired) electrons. The van der Waals surface area contributed by atoms with E-state index in [-0.39, 0.29) is 10.8 Å². The molecule has 0 saturated carbocycles. The van der Waals surface area contributed by atoms with Crippen LogP contribution in [0.2, 0.25) is 0 Å². The minimum absolute atomic E-state index is 0.238. The van der Waals surface area contributed by atoms with E-state index in [2.05, 4.69) is 79.7 Å². The van der Waals surface area contributed by atoms with Crippen LogP contribution in [0.15, 0.2) is 24.3 Å². The van der Waals surface area contributed by atoms with Gasteiger partial charge in [-0.25, -0.2) is 0 Å². The van der Waals surface area contributed by atoms with Crippen LogP contribution >= 0.6 is 0 Å². The molecule has 0 amide bonds. The second-order valence-electron chi connectivity index (χ2n) is 10.3. The van der Waals surface area contributed by atoms with Crippen LogP contribution in [0.4, 0.5) is 0 Å². The lowest BCUT2D eigenvalue weighted by atomic mass is 9.68. The first-order valence-electron chi connectivity index (χ1n) is 10.8. The Morgan fingerprint density at radius 2 is 1.73 bits per heavy atom. The standard InChI is InChI=1S/C25H42O/c1-9-24(6,7)23-20(5)25(8,17-26-23)16-21-12-14-22(15-13-21)19(4)11-10-18(2)3/h12-15,18-20,23H,9-11,16-17H2,1-8H3. The van der Waals surface area contributed by atoms with Gasteiger partial charge in [-0.2, -0.15) is 0 Å². The largest absolute Gasteiger partial charge is 0.377 e. The highest BCUT2D eigenvalue weighted by Gasteiger charge is 2.48. The van der Waals surface area contributed by atoms with E-state index in [1.165, 1.54) is 30.4 Å². The summed E-state index contributed by atoms with van der Waals surface area (Å²) in [5.41, 5.74) is 3.44. The first-order valence-corrected chi connectivity index (χ1v) is 10.8. The van der Waals surface area contributed by atoms with Crippen LogP contribution in [0.1, 0.15) is 91.7 Å². The number of hydrogen-bond donors (Lipinski definition) is 0. The minimum atomic E-state index is 0.238. The van der Waals surface area contributed by atoms with E-state index in [9.17, 15) is 0 Å². The SMILES string of the molecule is CCC(C)(C)C1OCC(C)(Cc2ccc(C(C)CCC(C)C)cc2)C1C. The molecule has 1 fully saturated rings. The molecule has 1 aromatic rings. The molecule has 4 unspecified atom stereocenters. The van der Waals surface area contributed by atoms with E-state index >= 15 is 0 Å². The molecule has 0 N–H and O–H groups in total. The zero-order valence-corrected chi connectivity index (χ0v) is 18.6. The maximum Gasteiger partial charge on any atom is 0.0657 e. The Labute approximate surface area is 162 Å². The van der Waals surface area contributed by atoms with Gasteiger partial charge in [0.15, 0.2) is 0 Å². The number of ether oxygens (including phenoxy) is 1. The first-order chi connectivity index (χ1) is 12.1.